The molecule has 3 rings (SSSR count). The van der Waals surface area contributed by atoms with Crippen LogP contribution in [0.3, 0.4) is 0 Å². The summed E-state index contributed by atoms with van der Waals surface area (Å²) in [7, 11) is 0. The van der Waals surface area contributed by atoms with E-state index in [1.807, 2.05) is 19.9 Å². The molecule has 0 radical (unpaired) electrons. The number of aryl methyl sites for hydroxylation is 1. The Bertz CT molecular complexity index is 868. The second-order valence-electron chi connectivity index (χ2n) is 7.28. The number of nitrogens with zero attached hydrogens (tertiary/aromatic N) is 1. The number of phenols is 1. The van der Waals surface area contributed by atoms with Crippen molar-refractivity contribution in [3.8, 4) is 16.9 Å². The molecule has 0 bridgehead atoms. The number of benzene rings is 2. The first-order chi connectivity index (χ1) is 11.8. The molecule has 4 heteroatoms. The quantitative estimate of drug-likeness (QED) is 0.853. The first-order valence-corrected chi connectivity index (χ1v) is 8.52. The predicted octanol–water partition coefficient (Wildman–Crippen LogP) is 4.21. The van der Waals surface area contributed by atoms with Gasteiger partial charge in [0.25, 0.3) is 0 Å². The fraction of sp³-hybridized carbons (Fsp3) is 0.333. The van der Waals surface area contributed by atoms with Gasteiger partial charge in [-0.05, 0) is 54.8 Å². The average molecular weight is 337 g/mol. The lowest BCUT2D eigenvalue weighted by atomic mass is 9.75. The summed E-state index contributed by atoms with van der Waals surface area (Å²) < 4.78 is 0. The van der Waals surface area contributed by atoms with Crippen LogP contribution in [0.5, 0.6) is 5.75 Å². The average Bonchev–Trinajstić information content (AvgIpc) is 2.55. The second kappa shape index (κ2) is 6.03. The van der Waals surface area contributed by atoms with E-state index in [9.17, 15) is 14.7 Å². The first kappa shape index (κ1) is 17.2. The van der Waals surface area contributed by atoms with Gasteiger partial charge in [0.2, 0.25) is 5.91 Å². The number of amides is 1. The number of aldehydes is 1. The normalized spacial score (nSPS) is 15.8. The molecule has 1 heterocycles. The van der Waals surface area contributed by atoms with Gasteiger partial charge in [0, 0.05) is 35.2 Å². The van der Waals surface area contributed by atoms with Crippen LogP contribution < -0.4 is 4.90 Å². The Morgan fingerprint density at radius 3 is 2.56 bits per heavy atom. The fourth-order valence-corrected chi connectivity index (χ4v) is 3.64. The maximum Gasteiger partial charge on any atom is 0.227 e. The van der Waals surface area contributed by atoms with E-state index in [1.165, 1.54) is 6.07 Å². The van der Waals surface area contributed by atoms with Gasteiger partial charge in [-0.15, -0.1) is 0 Å². The number of carbonyl (C=O) groups is 2. The van der Waals surface area contributed by atoms with Gasteiger partial charge in [0.1, 0.15) is 12.0 Å². The standard InChI is InChI=1S/C21H23NO3/c1-5-22-18-10-15(16-9-14(12-23)6-7-19(16)24)13(2)8-17(18)21(3,4)11-20(22)25/h6-10,12,24H,5,11H2,1-4H3. The number of phenolic OH excluding ortho intramolecular Hbond substituents is 1. The van der Waals surface area contributed by atoms with Crippen molar-refractivity contribution >= 4 is 17.9 Å². The Kier molecular flexibility index (Phi) is 4.15. The third-order valence-corrected chi connectivity index (χ3v) is 5.02. The van der Waals surface area contributed by atoms with E-state index in [4.69, 9.17) is 0 Å². The van der Waals surface area contributed by atoms with Gasteiger partial charge in [0.15, 0.2) is 0 Å². The summed E-state index contributed by atoms with van der Waals surface area (Å²) in [4.78, 5) is 25.4. The van der Waals surface area contributed by atoms with E-state index in [-0.39, 0.29) is 17.1 Å². The van der Waals surface area contributed by atoms with Crippen LogP contribution in [0.25, 0.3) is 11.1 Å². The molecule has 1 N–H and O–H groups in total. The number of fused-ring (bicyclic) bond motifs is 1. The van der Waals surface area contributed by atoms with Crippen molar-refractivity contribution in [3.05, 3.63) is 47.0 Å². The van der Waals surface area contributed by atoms with Crippen LogP contribution in [0.1, 0.15) is 48.7 Å². The zero-order valence-corrected chi connectivity index (χ0v) is 15.1. The largest absolute Gasteiger partial charge is 0.507 e. The molecule has 0 aromatic heterocycles. The third kappa shape index (κ3) is 2.82. The van der Waals surface area contributed by atoms with Gasteiger partial charge >= 0.3 is 0 Å². The van der Waals surface area contributed by atoms with Crippen LogP contribution in [0.4, 0.5) is 5.69 Å². The lowest BCUT2D eigenvalue weighted by molar-refractivity contribution is -0.120. The number of anilines is 1. The molecular formula is C21H23NO3. The SMILES string of the molecule is CCN1C(=O)CC(C)(C)c2cc(C)c(-c3cc(C=O)ccc3O)cc21. The second-order valence-corrected chi connectivity index (χ2v) is 7.28. The molecule has 0 unspecified atom stereocenters. The van der Waals surface area contributed by atoms with Crippen molar-refractivity contribution in [1.29, 1.82) is 0 Å². The zero-order valence-electron chi connectivity index (χ0n) is 15.1. The summed E-state index contributed by atoms with van der Waals surface area (Å²) in [5, 5.41) is 10.3. The topological polar surface area (TPSA) is 57.6 Å². The van der Waals surface area contributed by atoms with Crippen molar-refractivity contribution in [3.63, 3.8) is 0 Å². The highest BCUT2D eigenvalue weighted by Crippen LogP contribution is 2.44. The molecule has 0 aliphatic carbocycles. The maximum absolute atomic E-state index is 12.5. The van der Waals surface area contributed by atoms with E-state index in [0.717, 1.165) is 28.7 Å². The molecular weight excluding hydrogens is 314 g/mol. The van der Waals surface area contributed by atoms with Crippen LogP contribution in [0, 0.1) is 6.92 Å². The van der Waals surface area contributed by atoms with Crippen LogP contribution in [0.2, 0.25) is 0 Å². The van der Waals surface area contributed by atoms with Crippen LogP contribution in [0.15, 0.2) is 30.3 Å². The summed E-state index contributed by atoms with van der Waals surface area (Å²) in [5.74, 6) is 0.235. The number of rotatable bonds is 3. The van der Waals surface area contributed by atoms with Crippen molar-refractivity contribution in [2.75, 3.05) is 11.4 Å². The molecule has 1 aliphatic heterocycles. The number of hydrogen-bond donors (Lipinski definition) is 1. The minimum Gasteiger partial charge on any atom is -0.507 e. The third-order valence-electron chi connectivity index (χ3n) is 5.02. The number of aromatic hydroxyl groups is 1. The van der Waals surface area contributed by atoms with Crippen molar-refractivity contribution < 1.29 is 14.7 Å². The molecule has 25 heavy (non-hydrogen) atoms. The molecule has 2 aromatic carbocycles. The van der Waals surface area contributed by atoms with Crippen LogP contribution >= 0.6 is 0 Å². The molecule has 0 atom stereocenters. The summed E-state index contributed by atoms with van der Waals surface area (Å²) in [5.41, 5.74) is 4.76. The molecule has 2 aromatic rings. The Balaban J connectivity index is 2.27. The van der Waals surface area contributed by atoms with E-state index in [1.54, 1.807) is 17.0 Å². The molecule has 4 nitrogen and oxygen atoms in total. The minimum atomic E-state index is -0.228. The minimum absolute atomic E-state index is 0.112. The summed E-state index contributed by atoms with van der Waals surface area (Å²) >= 11 is 0. The highest BCUT2D eigenvalue weighted by atomic mass is 16.3. The van der Waals surface area contributed by atoms with E-state index < -0.39 is 0 Å². The summed E-state index contributed by atoms with van der Waals surface area (Å²) in [6.45, 7) is 8.72. The van der Waals surface area contributed by atoms with E-state index >= 15 is 0 Å². The summed E-state index contributed by atoms with van der Waals surface area (Å²) in [6.07, 6.45) is 1.25. The molecule has 1 amide bonds. The zero-order chi connectivity index (χ0) is 18.4. The highest BCUT2D eigenvalue weighted by Gasteiger charge is 2.36. The predicted molar refractivity (Wildman–Crippen MR) is 99.3 cm³/mol. The molecule has 0 spiro atoms. The molecule has 0 saturated heterocycles. The van der Waals surface area contributed by atoms with E-state index in [0.29, 0.717) is 24.1 Å². The van der Waals surface area contributed by atoms with Crippen molar-refractivity contribution in [2.24, 2.45) is 0 Å². The van der Waals surface area contributed by atoms with Gasteiger partial charge < -0.3 is 10.0 Å². The Hall–Kier alpha value is -2.62. The molecule has 0 fully saturated rings. The smallest absolute Gasteiger partial charge is 0.227 e. The highest BCUT2D eigenvalue weighted by molar-refractivity contribution is 5.99. The van der Waals surface area contributed by atoms with Gasteiger partial charge in [-0.3, -0.25) is 9.59 Å². The monoisotopic (exact) mass is 337 g/mol. The van der Waals surface area contributed by atoms with Gasteiger partial charge in [0.05, 0.1) is 0 Å². The Morgan fingerprint density at radius 2 is 1.92 bits per heavy atom. The van der Waals surface area contributed by atoms with Gasteiger partial charge in [-0.25, -0.2) is 0 Å². The van der Waals surface area contributed by atoms with Gasteiger partial charge in [-0.1, -0.05) is 19.9 Å². The van der Waals surface area contributed by atoms with E-state index in [2.05, 4.69) is 19.9 Å². The Morgan fingerprint density at radius 1 is 1.20 bits per heavy atom. The fourth-order valence-electron chi connectivity index (χ4n) is 3.64. The Labute approximate surface area is 148 Å². The number of hydrogen-bond acceptors (Lipinski definition) is 3. The summed E-state index contributed by atoms with van der Waals surface area (Å²) in [6, 6.07) is 8.88. The number of carbonyl (C=O) groups excluding carboxylic acids is 2. The molecule has 1 aliphatic rings. The lowest BCUT2D eigenvalue weighted by Crippen LogP contribution is -2.41. The molecule has 0 saturated carbocycles. The van der Waals surface area contributed by atoms with Crippen LogP contribution in [-0.2, 0) is 10.2 Å². The van der Waals surface area contributed by atoms with Crippen LogP contribution in [-0.4, -0.2) is 23.8 Å². The van der Waals surface area contributed by atoms with Gasteiger partial charge in [-0.2, -0.15) is 0 Å². The lowest BCUT2D eigenvalue weighted by Gasteiger charge is -2.39. The maximum atomic E-state index is 12.5. The molecule has 130 valence electrons. The van der Waals surface area contributed by atoms with Crippen molar-refractivity contribution in [2.45, 2.75) is 39.5 Å². The first-order valence-electron chi connectivity index (χ1n) is 8.52. The van der Waals surface area contributed by atoms with Crippen molar-refractivity contribution in [1.82, 2.24) is 0 Å².